The summed E-state index contributed by atoms with van der Waals surface area (Å²) in [7, 11) is 0. The Labute approximate surface area is 87.4 Å². The summed E-state index contributed by atoms with van der Waals surface area (Å²) in [5, 5.41) is 9.36. The highest BCUT2D eigenvalue weighted by molar-refractivity contribution is 5.88. The Hall–Kier alpha value is -1.43. The predicted molar refractivity (Wildman–Crippen MR) is 53.3 cm³/mol. The Morgan fingerprint density at radius 2 is 2.40 bits per heavy atom. The summed E-state index contributed by atoms with van der Waals surface area (Å²) in [5.41, 5.74) is 0. The van der Waals surface area contributed by atoms with Gasteiger partial charge in [0.05, 0.1) is 0 Å². The van der Waals surface area contributed by atoms with Crippen molar-refractivity contribution in [3.63, 3.8) is 0 Å². The standard InChI is InChI=1S/C9H14N4O2/c1-6-11-9(15-13-6)12-8(14)4-5-10-7-2-3-7/h7,10H,2-5H2,1H3,(H,11,12,13,14). The Morgan fingerprint density at radius 1 is 1.60 bits per heavy atom. The molecule has 2 rings (SSSR count). The van der Waals surface area contributed by atoms with E-state index in [1.165, 1.54) is 12.8 Å². The van der Waals surface area contributed by atoms with E-state index in [0.29, 0.717) is 24.8 Å². The van der Waals surface area contributed by atoms with Gasteiger partial charge in [-0.2, -0.15) is 4.98 Å². The largest absolute Gasteiger partial charge is 0.328 e. The molecule has 15 heavy (non-hydrogen) atoms. The summed E-state index contributed by atoms with van der Waals surface area (Å²) >= 11 is 0. The first-order valence-electron chi connectivity index (χ1n) is 5.07. The second-order valence-electron chi connectivity index (χ2n) is 3.67. The Kier molecular flexibility index (Phi) is 2.96. The molecule has 1 aromatic rings. The minimum Gasteiger partial charge on any atom is -0.315 e. The smallest absolute Gasteiger partial charge is 0.315 e. The van der Waals surface area contributed by atoms with E-state index in [1.807, 2.05) is 0 Å². The van der Waals surface area contributed by atoms with E-state index in [-0.39, 0.29) is 11.9 Å². The Balaban J connectivity index is 1.67. The van der Waals surface area contributed by atoms with Gasteiger partial charge in [-0.25, -0.2) is 0 Å². The molecule has 1 heterocycles. The van der Waals surface area contributed by atoms with E-state index < -0.39 is 0 Å². The molecule has 0 atom stereocenters. The number of nitrogens with zero attached hydrogens (tertiary/aromatic N) is 2. The molecule has 6 nitrogen and oxygen atoms in total. The van der Waals surface area contributed by atoms with E-state index >= 15 is 0 Å². The van der Waals surface area contributed by atoms with Gasteiger partial charge in [-0.15, -0.1) is 0 Å². The number of hydrogen-bond donors (Lipinski definition) is 2. The van der Waals surface area contributed by atoms with Crippen molar-refractivity contribution in [3.05, 3.63) is 5.82 Å². The number of aromatic nitrogens is 2. The molecular weight excluding hydrogens is 196 g/mol. The molecular formula is C9H14N4O2. The van der Waals surface area contributed by atoms with Crippen molar-refractivity contribution < 1.29 is 9.32 Å². The predicted octanol–water partition coefficient (Wildman–Crippen LogP) is 0.459. The summed E-state index contributed by atoms with van der Waals surface area (Å²) in [5.74, 6) is 0.410. The lowest BCUT2D eigenvalue weighted by atomic mass is 10.4. The topological polar surface area (TPSA) is 80.0 Å². The van der Waals surface area contributed by atoms with E-state index in [9.17, 15) is 4.79 Å². The first-order chi connectivity index (χ1) is 7.24. The summed E-state index contributed by atoms with van der Waals surface area (Å²) in [6, 6.07) is 0.798. The molecule has 0 bridgehead atoms. The third-order valence-corrected chi connectivity index (χ3v) is 2.14. The number of aryl methyl sites for hydroxylation is 1. The lowest BCUT2D eigenvalue weighted by Crippen LogP contribution is -2.23. The number of rotatable bonds is 5. The normalized spacial score (nSPS) is 15.3. The van der Waals surface area contributed by atoms with Crippen molar-refractivity contribution in [2.45, 2.75) is 32.2 Å². The number of carbonyl (C=O) groups excluding carboxylic acids is 1. The van der Waals surface area contributed by atoms with E-state index in [0.717, 1.165) is 0 Å². The van der Waals surface area contributed by atoms with Crippen LogP contribution >= 0.6 is 0 Å². The molecule has 2 N–H and O–H groups in total. The zero-order valence-electron chi connectivity index (χ0n) is 8.62. The van der Waals surface area contributed by atoms with Gasteiger partial charge in [-0.1, -0.05) is 5.16 Å². The van der Waals surface area contributed by atoms with Crippen molar-refractivity contribution in [3.8, 4) is 0 Å². The molecule has 0 radical (unpaired) electrons. The highest BCUT2D eigenvalue weighted by atomic mass is 16.5. The van der Waals surface area contributed by atoms with Crippen LogP contribution in [0.4, 0.5) is 6.01 Å². The monoisotopic (exact) mass is 210 g/mol. The molecule has 1 saturated carbocycles. The number of anilines is 1. The van der Waals surface area contributed by atoms with Crippen LogP contribution in [0.3, 0.4) is 0 Å². The maximum absolute atomic E-state index is 11.3. The van der Waals surface area contributed by atoms with Gasteiger partial charge in [-0.05, 0) is 19.8 Å². The maximum atomic E-state index is 11.3. The minimum atomic E-state index is -0.105. The first-order valence-corrected chi connectivity index (χ1v) is 5.07. The molecule has 0 saturated heterocycles. The lowest BCUT2D eigenvalue weighted by Gasteiger charge is -2.01. The van der Waals surface area contributed by atoms with Gasteiger partial charge in [0.25, 0.3) is 0 Å². The van der Waals surface area contributed by atoms with Crippen LogP contribution in [-0.2, 0) is 4.79 Å². The lowest BCUT2D eigenvalue weighted by molar-refractivity contribution is -0.116. The van der Waals surface area contributed by atoms with E-state index in [4.69, 9.17) is 4.52 Å². The molecule has 0 spiro atoms. The van der Waals surface area contributed by atoms with Crippen molar-refractivity contribution in [1.82, 2.24) is 15.5 Å². The SMILES string of the molecule is Cc1noc(NC(=O)CCNC2CC2)n1. The quantitative estimate of drug-likeness (QED) is 0.738. The van der Waals surface area contributed by atoms with Gasteiger partial charge >= 0.3 is 6.01 Å². The van der Waals surface area contributed by atoms with Crippen LogP contribution in [0.15, 0.2) is 4.52 Å². The Morgan fingerprint density at radius 3 is 3.00 bits per heavy atom. The van der Waals surface area contributed by atoms with Crippen molar-refractivity contribution >= 4 is 11.9 Å². The van der Waals surface area contributed by atoms with Crippen LogP contribution in [-0.4, -0.2) is 28.6 Å². The van der Waals surface area contributed by atoms with Crippen LogP contribution in [0.25, 0.3) is 0 Å². The third kappa shape index (κ3) is 3.32. The van der Waals surface area contributed by atoms with Gasteiger partial charge in [0.1, 0.15) is 0 Å². The molecule has 6 heteroatoms. The summed E-state index contributed by atoms with van der Waals surface area (Å²) < 4.78 is 4.76. The van der Waals surface area contributed by atoms with Crippen molar-refractivity contribution in [2.75, 3.05) is 11.9 Å². The second kappa shape index (κ2) is 4.39. The molecule has 0 aliphatic heterocycles. The van der Waals surface area contributed by atoms with Crippen LogP contribution < -0.4 is 10.6 Å². The van der Waals surface area contributed by atoms with Crippen LogP contribution in [0.1, 0.15) is 25.1 Å². The number of hydrogen-bond acceptors (Lipinski definition) is 5. The molecule has 0 unspecified atom stereocenters. The summed E-state index contributed by atoms with van der Waals surface area (Å²) in [4.78, 5) is 15.2. The fraction of sp³-hybridized carbons (Fsp3) is 0.667. The highest BCUT2D eigenvalue weighted by Gasteiger charge is 2.20. The zero-order valence-corrected chi connectivity index (χ0v) is 8.62. The summed E-state index contributed by atoms with van der Waals surface area (Å²) in [6.45, 7) is 2.40. The second-order valence-corrected chi connectivity index (χ2v) is 3.67. The third-order valence-electron chi connectivity index (χ3n) is 2.14. The van der Waals surface area contributed by atoms with Gasteiger partial charge in [-0.3, -0.25) is 10.1 Å². The van der Waals surface area contributed by atoms with E-state index in [2.05, 4.69) is 20.8 Å². The van der Waals surface area contributed by atoms with Crippen molar-refractivity contribution in [2.24, 2.45) is 0 Å². The average molecular weight is 210 g/mol. The maximum Gasteiger partial charge on any atom is 0.328 e. The molecule has 0 aromatic carbocycles. The number of nitrogens with one attached hydrogen (secondary N) is 2. The highest BCUT2D eigenvalue weighted by Crippen LogP contribution is 2.18. The van der Waals surface area contributed by atoms with Crippen LogP contribution in [0.2, 0.25) is 0 Å². The van der Waals surface area contributed by atoms with Crippen molar-refractivity contribution in [1.29, 1.82) is 0 Å². The average Bonchev–Trinajstić information content (AvgIpc) is 2.91. The minimum absolute atomic E-state index is 0.105. The first kappa shape index (κ1) is 10.1. The van der Waals surface area contributed by atoms with Gasteiger partial charge in [0.15, 0.2) is 5.82 Å². The molecule has 1 fully saturated rings. The van der Waals surface area contributed by atoms with Gasteiger partial charge < -0.3 is 9.84 Å². The van der Waals surface area contributed by atoms with E-state index in [1.54, 1.807) is 6.92 Å². The molecule has 82 valence electrons. The van der Waals surface area contributed by atoms with Gasteiger partial charge in [0.2, 0.25) is 5.91 Å². The fourth-order valence-electron chi connectivity index (χ4n) is 1.21. The Bertz CT molecular complexity index is 346. The number of carbonyl (C=O) groups is 1. The number of amides is 1. The fourth-order valence-corrected chi connectivity index (χ4v) is 1.21. The molecule has 1 aliphatic rings. The molecule has 1 amide bonds. The van der Waals surface area contributed by atoms with Crippen LogP contribution in [0, 0.1) is 6.92 Å². The van der Waals surface area contributed by atoms with Crippen LogP contribution in [0.5, 0.6) is 0 Å². The molecule has 1 aromatic heterocycles. The molecule has 1 aliphatic carbocycles. The zero-order chi connectivity index (χ0) is 10.7. The van der Waals surface area contributed by atoms with Gasteiger partial charge in [0, 0.05) is 19.0 Å². The summed E-state index contributed by atoms with van der Waals surface area (Å²) in [6.07, 6.45) is 2.88.